The van der Waals surface area contributed by atoms with Crippen LogP contribution in [-0.2, 0) is 15.5 Å². The van der Waals surface area contributed by atoms with E-state index in [9.17, 15) is 23.6 Å². The van der Waals surface area contributed by atoms with Crippen molar-refractivity contribution in [2.75, 3.05) is 24.1 Å². The maximum Gasteiger partial charge on any atom is 0.295 e. The highest BCUT2D eigenvalue weighted by Crippen LogP contribution is 2.40. The molecule has 2 aromatic carbocycles. The van der Waals surface area contributed by atoms with Crippen molar-refractivity contribution >= 4 is 27.2 Å². The van der Waals surface area contributed by atoms with Gasteiger partial charge in [-0.05, 0) is 23.6 Å². The molecule has 0 unspecified atom stereocenters. The van der Waals surface area contributed by atoms with E-state index in [4.69, 9.17) is 14.4 Å². The molecule has 31 heavy (non-hydrogen) atoms. The number of nitro benzene ring substituents is 1. The van der Waals surface area contributed by atoms with E-state index in [1.807, 2.05) is 20.8 Å². The lowest BCUT2D eigenvalue weighted by atomic mass is 9.86. The van der Waals surface area contributed by atoms with Gasteiger partial charge in [-0.1, -0.05) is 20.8 Å². The number of hydrogen-bond acceptors (Lipinski definition) is 9. The topological polar surface area (TPSA) is 171 Å². The predicted molar refractivity (Wildman–Crippen MR) is 114 cm³/mol. The van der Waals surface area contributed by atoms with Gasteiger partial charge in [0, 0.05) is 30.7 Å². The van der Waals surface area contributed by atoms with Crippen molar-refractivity contribution < 1.29 is 32.8 Å². The number of aliphatic hydroxyl groups is 1. The van der Waals surface area contributed by atoms with Crippen LogP contribution < -0.4 is 15.6 Å². The highest BCUT2D eigenvalue weighted by Gasteiger charge is 2.23. The summed E-state index contributed by atoms with van der Waals surface area (Å²) in [5.74, 6) is 0.309. The molecule has 0 fully saturated rings. The number of rotatable bonds is 9. The minimum atomic E-state index is -4.62. The summed E-state index contributed by atoms with van der Waals surface area (Å²) >= 11 is 0. The number of anilines is 2. The fraction of sp³-hybridized carbons (Fsp3) is 0.368. The molecule has 0 saturated heterocycles. The second-order valence-corrected chi connectivity index (χ2v) is 9.13. The van der Waals surface area contributed by atoms with Crippen molar-refractivity contribution in [2.45, 2.75) is 37.5 Å². The Bertz CT molecular complexity index is 1060. The quantitative estimate of drug-likeness (QED) is 0.124. The normalized spacial score (nSPS) is 11.8. The summed E-state index contributed by atoms with van der Waals surface area (Å²) < 4.78 is 37.2. The number of hydrazine groups is 1. The molecule has 0 aromatic heterocycles. The fourth-order valence-corrected chi connectivity index (χ4v) is 3.18. The predicted octanol–water partition coefficient (Wildman–Crippen LogP) is 3.04. The van der Waals surface area contributed by atoms with Crippen LogP contribution in [0.1, 0.15) is 32.8 Å². The minimum Gasteiger partial charge on any atom is -0.505 e. The second kappa shape index (κ2) is 9.37. The van der Waals surface area contributed by atoms with Gasteiger partial charge in [0.05, 0.1) is 17.2 Å². The average molecular weight is 455 g/mol. The monoisotopic (exact) mass is 455 g/mol. The number of aromatic hydroxyl groups is 1. The third-order valence-electron chi connectivity index (χ3n) is 4.26. The molecule has 0 aliphatic carbocycles. The number of aliphatic hydroxyl groups excluding tert-OH is 1. The molecule has 0 aliphatic rings. The molecule has 0 radical (unpaired) electrons. The summed E-state index contributed by atoms with van der Waals surface area (Å²) in [6, 6.07) is 5.97. The lowest BCUT2D eigenvalue weighted by molar-refractivity contribution is -0.384. The largest absolute Gasteiger partial charge is 0.505 e. The Hall–Kier alpha value is -3.09. The van der Waals surface area contributed by atoms with Crippen LogP contribution in [0.4, 0.5) is 17.1 Å². The summed E-state index contributed by atoms with van der Waals surface area (Å²) in [6.45, 7) is 5.86. The van der Waals surface area contributed by atoms with Gasteiger partial charge in [-0.15, -0.1) is 0 Å². The van der Waals surface area contributed by atoms with Gasteiger partial charge in [-0.3, -0.25) is 25.5 Å². The zero-order valence-electron chi connectivity index (χ0n) is 17.2. The summed E-state index contributed by atoms with van der Waals surface area (Å²) in [4.78, 5) is 9.90. The SMILES string of the molecule is CC(C)(C)c1cc(OCCCO)cc(NNc2ccc(S(=O)(=O)O)cc2[N+](=O)[O-])c1O. The molecule has 0 saturated carbocycles. The molecule has 2 aromatic rings. The number of nitrogens with one attached hydrogen (secondary N) is 2. The lowest BCUT2D eigenvalue weighted by Gasteiger charge is -2.24. The third-order valence-corrected chi connectivity index (χ3v) is 5.11. The van der Waals surface area contributed by atoms with Crippen molar-refractivity contribution in [1.82, 2.24) is 0 Å². The van der Waals surface area contributed by atoms with E-state index in [-0.39, 0.29) is 30.3 Å². The van der Waals surface area contributed by atoms with Gasteiger partial charge >= 0.3 is 0 Å². The minimum absolute atomic E-state index is 0.0416. The van der Waals surface area contributed by atoms with Gasteiger partial charge in [-0.2, -0.15) is 8.42 Å². The second-order valence-electron chi connectivity index (χ2n) is 7.70. The Morgan fingerprint density at radius 2 is 1.77 bits per heavy atom. The molecular formula is C19H25N3O8S. The maximum atomic E-state index is 11.3. The standard InChI is InChI=1S/C19H25N3O8S/c1-19(2,3)14-9-12(30-8-4-7-23)10-16(18(14)24)21-20-15-6-5-13(31(27,28)29)11-17(15)22(25)26/h5-6,9-11,20-21,23-24H,4,7-8H2,1-3H3,(H,27,28,29). The highest BCUT2D eigenvalue weighted by molar-refractivity contribution is 7.85. The van der Waals surface area contributed by atoms with Gasteiger partial charge in [0.25, 0.3) is 15.8 Å². The zero-order valence-corrected chi connectivity index (χ0v) is 18.1. The van der Waals surface area contributed by atoms with E-state index < -0.39 is 31.0 Å². The molecule has 0 spiro atoms. The molecule has 2 rings (SSSR count). The number of ether oxygens (including phenoxy) is 1. The smallest absolute Gasteiger partial charge is 0.295 e. The number of phenols is 1. The summed E-state index contributed by atoms with van der Waals surface area (Å²) in [7, 11) is -4.62. The molecular weight excluding hydrogens is 430 g/mol. The maximum absolute atomic E-state index is 11.3. The number of nitrogens with zero attached hydrogens (tertiary/aromatic N) is 1. The Kier molecular flexibility index (Phi) is 7.31. The van der Waals surface area contributed by atoms with Gasteiger partial charge in [0.2, 0.25) is 0 Å². The van der Waals surface area contributed by atoms with Crippen LogP contribution in [0.25, 0.3) is 0 Å². The number of nitro groups is 1. The zero-order chi connectivity index (χ0) is 23.4. The first kappa shape index (κ1) is 24.2. The first-order valence-electron chi connectivity index (χ1n) is 9.23. The van der Waals surface area contributed by atoms with E-state index in [0.29, 0.717) is 23.8 Å². The molecule has 11 nitrogen and oxygen atoms in total. The Labute approximate surface area is 179 Å². The molecule has 170 valence electrons. The van der Waals surface area contributed by atoms with Crippen molar-refractivity contribution in [2.24, 2.45) is 0 Å². The van der Waals surface area contributed by atoms with Crippen LogP contribution in [0.3, 0.4) is 0 Å². The van der Waals surface area contributed by atoms with Crippen LogP contribution >= 0.6 is 0 Å². The van der Waals surface area contributed by atoms with Crippen LogP contribution in [0.2, 0.25) is 0 Å². The molecule has 5 N–H and O–H groups in total. The Balaban J connectivity index is 2.40. The molecule has 0 atom stereocenters. The summed E-state index contributed by atoms with van der Waals surface area (Å²) in [5.41, 5.74) is 4.82. The number of phenolic OH excluding ortho intramolecular Hbond substituents is 1. The van der Waals surface area contributed by atoms with Crippen molar-refractivity contribution in [3.8, 4) is 11.5 Å². The molecule has 0 heterocycles. The number of benzene rings is 2. The van der Waals surface area contributed by atoms with Gasteiger partial charge in [0.1, 0.15) is 22.1 Å². The molecule has 12 heteroatoms. The van der Waals surface area contributed by atoms with Crippen LogP contribution in [0, 0.1) is 10.1 Å². The Morgan fingerprint density at radius 3 is 2.32 bits per heavy atom. The first-order valence-corrected chi connectivity index (χ1v) is 10.7. The van der Waals surface area contributed by atoms with Crippen LogP contribution in [0.15, 0.2) is 35.2 Å². The van der Waals surface area contributed by atoms with E-state index in [2.05, 4.69) is 10.9 Å². The molecule has 0 bridgehead atoms. The fourth-order valence-electron chi connectivity index (χ4n) is 2.68. The van der Waals surface area contributed by atoms with Gasteiger partial charge in [0.15, 0.2) is 0 Å². The summed E-state index contributed by atoms with van der Waals surface area (Å²) in [5, 5.41) is 30.9. The third kappa shape index (κ3) is 6.20. The van der Waals surface area contributed by atoms with E-state index >= 15 is 0 Å². The molecule has 0 amide bonds. The van der Waals surface area contributed by atoms with E-state index in [0.717, 1.165) is 12.1 Å². The van der Waals surface area contributed by atoms with Gasteiger partial charge < -0.3 is 14.9 Å². The average Bonchev–Trinajstić information content (AvgIpc) is 2.66. The van der Waals surface area contributed by atoms with Crippen LogP contribution in [0.5, 0.6) is 11.5 Å². The first-order chi connectivity index (χ1) is 14.3. The van der Waals surface area contributed by atoms with Gasteiger partial charge in [-0.25, -0.2) is 0 Å². The van der Waals surface area contributed by atoms with Crippen molar-refractivity contribution in [1.29, 1.82) is 0 Å². The van der Waals surface area contributed by atoms with Crippen LogP contribution in [-0.4, -0.2) is 41.3 Å². The van der Waals surface area contributed by atoms with E-state index in [1.165, 1.54) is 6.07 Å². The van der Waals surface area contributed by atoms with Crippen molar-refractivity contribution in [3.63, 3.8) is 0 Å². The molecule has 0 aliphatic heterocycles. The highest BCUT2D eigenvalue weighted by atomic mass is 32.2. The Morgan fingerprint density at radius 1 is 1.13 bits per heavy atom. The number of hydrogen-bond donors (Lipinski definition) is 5. The van der Waals surface area contributed by atoms with Crippen molar-refractivity contribution in [3.05, 3.63) is 46.0 Å². The van der Waals surface area contributed by atoms with E-state index in [1.54, 1.807) is 6.07 Å². The summed E-state index contributed by atoms with van der Waals surface area (Å²) in [6.07, 6.45) is 0.416. The lowest BCUT2D eigenvalue weighted by Crippen LogP contribution is -2.15.